The number of thiophene rings is 1. The van der Waals surface area contributed by atoms with E-state index in [0.29, 0.717) is 19.4 Å². The van der Waals surface area contributed by atoms with Crippen molar-refractivity contribution in [3.8, 4) is 0 Å². The number of aliphatic carboxylic acids is 1. The molecule has 1 atom stereocenters. The molecule has 0 aromatic carbocycles. The summed E-state index contributed by atoms with van der Waals surface area (Å²) in [6.45, 7) is 2.67. The van der Waals surface area contributed by atoms with Crippen LogP contribution in [0.4, 0.5) is 0 Å². The van der Waals surface area contributed by atoms with Gasteiger partial charge in [-0.25, -0.2) is 0 Å². The zero-order valence-corrected chi connectivity index (χ0v) is 10.4. The van der Waals surface area contributed by atoms with Gasteiger partial charge in [0.15, 0.2) is 0 Å². The molecule has 0 spiro atoms. The molecule has 1 rings (SSSR count). The highest BCUT2D eigenvalue weighted by Gasteiger charge is 2.18. The van der Waals surface area contributed by atoms with E-state index in [0.717, 1.165) is 12.8 Å². The van der Waals surface area contributed by atoms with Crippen LogP contribution in [0.15, 0.2) is 12.1 Å². The first kappa shape index (κ1) is 13.2. The van der Waals surface area contributed by atoms with E-state index >= 15 is 0 Å². The number of nitrogens with two attached hydrogens (primary N) is 1. The largest absolute Gasteiger partial charge is 0.481 e. The van der Waals surface area contributed by atoms with Crippen LogP contribution in [-0.4, -0.2) is 17.6 Å². The van der Waals surface area contributed by atoms with Gasteiger partial charge in [-0.1, -0.05) is 6.92 Å². The number of carboxylic acid groups (broad SMARTS) is 1. The van der Waals surface area contributed by atoms with Crippen molar-refractivity contribution in [3.63, 3.8) is 0 Å². The molecule has 16 heavy (non-hydrogen) atoms. The van der Waals surface area contributed by atoms with Gasteiger partial charge in [-0.3, -0.25) is 4.79 Å². The molecule has 0 fully saturated rings. The predicted molar refractivity (Wildman–Crippen MR) is 66.8 cm³/mol. The average molecular weight is 241 g/mol. The third-order valence-electron chi connectivity index (χ3n) is 2.62. The van der Waals surface area contributed by atoms with Crippen molar-refractivity contribution >= 4 is 17.3 Å². The number of hydrogen-bond donors (Lipinski definition) is 2. The molecule has 0 saturated carbocycles. The number of hydrogen-bond acceptors (Lipinski definition) is 3. The summed E-state index contributed by atoms with van der Waals surface area (Å²) in [6, 6.07) is 4.13. The Morgan fingerprint density at radius 3 is 2.69 bits per heavy atom. The summed E-state index contributed by atoms with van der Waals surface area (Å²) in [5.74, 6) is -0.994. The van der Waals surface area contributed by atoms with Crippen LogP contribution < -0.4 is 5.73 Å². The Balaban J connectivity index is 2.56. The van der Waals surface area contributed by atoms with E-state index in [1.54, 1.807) is 11.3 Å². The third-order valence-corrected chi connectivity index (χ3v) is 3.87. The van der Waals surface area contributed by atoms with Gasteiger partial charge in [-0.15, -0.1) is 11.3 Å². The number of carbonyl (C=O) groups is 1. The van der Waals surface area contributed by atoms with Crippen molar-refractivity contribution in [2.24, 2.45) is 11.7 Å². The SMILES string of the molecule is CCc1ccc(CC(CCCN)C(=O)O)s1. The van der Waals surface area contributed by atoms with E-state index in [-0.39, 0.29) is 5.92 Å². The molecule has 0 amide bonds. The predicted octanol–water partition coefficient (Wildman–Crippen LogP) is 2.29. The number of carboxylic acids is 1. The van der Waals surface area contributed by atoms with Gasteiger partial charge in [0.2, 0.25) is 0 Å². The molecule has 3 N–H and O–H groups in total. The maximum atomic E-state index is 11.0. The van der Waals surface area contributed by atoms with E-state index in [2.05, 4.69) is 13.0 Å². The Kier molecular flexibility index (Phi) is 5.49. The molecule has 90 valence electrons. The van der Waals surface area contributed by atoms with Crippen LogP contribution in [0.1, 0.15) is 29.5 Å². The molecular weight excluding hydrogens is 222 g/mol. The fraction of sp³-hybridized carbons (Fsp3) is 0.583. The fourth-order valence-electron chi connectivity index (χ4n) is 1.64. The zero-order valence-electron chi connectivity index (χ0n) is 9.61. The summed E-state index contributed by atoms with van der Waals surface area (Å²) in [7, 11) is 0. The van der Waals surface area contributed by atoms with Crippen LogP contribution in [0.5, 0.6) is 0 Å². The van der Waals surface area contributed by atoms with Crippen LogP contribution in [0.3, 0.4) is 0 Å². The molecule has 0 radical (unpaired) electrons. The van der Waals surface area contributed by atoms with Gasteiger partial charge in [-0.05, 0) is 44.4 Å². The highest BCUT2D eigenvalue weighted by atomic mass is 32.1. The second-order valence-corrected chi connectivity index (χ2v) is 5.14. The Morgan fingerprint density at radius 1 is 1.50 bits per heavy atom. The van der Waals surface area contributed by atoms with E-state index in [1.807, 2.05) is 6.07 Å². The van der Waals surface area contributed by atoms with Crippen molar-refractivity contribution in [2.75, 3.05) is 6.54 Å². The lowest BCUT2D eigenvalue weighted by Gasteiger charge is -2.09. The van der Waals surface area contributed by atoms with Gasteiger partial charge < -0.3 is 10.8 Å². The first-order valence-corrected chi connectivity index (χ1v) is 6.49. The summed E-state index contributed by atoms with van der Waals surface area (Å²) in [5.41, 5.74) is 5.41. The lowest BCUT2D eigenvalue weighted by Crippen LogP contribution is -2.17. The van der Waals surface area contributed by atoms with E-state index in [9.17, 15) is 4.79 Å². The van der Waals surface area contributed by atoms with Crippen LogP contribution in [0, 0.1) is 5.92 Å². The van der Waals surface area contributed by atoms with Crippen molar-refractivity contribution < 1.29 is 9.90 Å². The van der Waals surface area contributed by atoms with Crippen molar-refractivity contribution in [1.29, 1.82) is 0 Å². The third kappa shape index (κ3) is 3.94. The topological polar surface area (TPSA) is 63.3 Å². The maximum absolute atomic E-state index is 11.0. The monoisotopic (exact) mass is 241 g/mol. The quantitative estimate of drug-likeness (QED) is 0.770. The molecule has 3 nitrogen and oxygen atoms in total. The van der Waals surface area contributed by atoms with Crippen LogP contribution in [-0.2, 0) is 17.6 Å². The number of aryl methyl sites for hydroxylation is 1. The second-order valence-electron chi connectivity index (χ2n) is 3.89. The van der Waals surface area contributed by atoms with Gasteiger partial charge in [0, 0.05) is 9.75 Å². The number of rotatable bonds is 7. The van der Waals surface area contributed by atoms with Gasteiger partial charge in [0.25, 0.3) is 0 Å². The molecule has 0 bridgehead atoms. The molecule has 0 aliphatic heterocycles. The van der Waals surface area contributed by atoms with Gasteiger partial charge in [0.05, 0.1) is 5.92 Å². The lowest BCUT2D eigenvalue weighted by atomic mass is 9.99. The van der Waals surface area contributed by atoms with Crippen molar-refractivity contribution in [2.45, 2.75) is 32.6 Å². The smallest absolute Gasteiger partial charge is 0.306 e. The van der Waals surface area contributed by atoms with Crippen molar-refractivity contribution in [1.82, 2.24) is 0 Å². The summed E-state index contributed by atoms with van der Waals surface area (Å²) in [5, 5.41) is 9.09. The normalized spacial score (nSPS) is 12.6. The minimum Gasteiger partial charge on any atom is -0.481 e. The summed E-state index contributed by atoms with van der Waals surface area (Å²) < 4.78 is 0. The first-order chi connectivity index (χ1) is 7.67. The second kappa shape index (κ2) is 6.66. The fourth-order valence-corrected chi connectivity index (χ4v) is 2.68. The van der Waals surface area contributed by atoms with E-state index in [1.165, 1.54) is 9.75 Å². The summed E-state index contributed by atoms with van der Waals surface area (Å²) in [4.78, 5) is 13.5. The summed E-state index contributed by atoms with van der Waals surface area (Å²) >= 11 is 1.72. The molecule has 0 aliphatic carbocycles. The van der Waals surface area contributed by atoms with Crippen molar-refractivity contribution in [3.05, 3.63) is 21.9 Å². The molecule has 1 aromatic rings. The molecule has 1 aromatic heterocycles. The van der Waals surface area contributed by atoms with Gasteiger partial charge >= 0.3 is 5.97 Å². The van der Waals surface area contributed by atoms with E-state index < -0.39 is 5.97 Å². The molecule has 0 aliphatic rings. The Morgan fingerprint density at radius 2 is 2.19 bits per heavy atom. The Hall–Kier alpha value is -0.870. The van der Waals surface area contributed by atoms with E-state index in [4.69, 9.17) is 10.8 Å². The Bertz CT molecular complexity index is 336. The van der Waals surface area contributed by atoms with Gasteiger partial charge in [-0.2, -0.15) is 0 Å². The molecular formula is C12H19NO2S. The lowest BCUT2D eigenvalue weighted by molar-refractivity contribution is -0.141. The van der Waals surface area contributed by atoms with Gasteiger partial charge in [0.1, 0.15) is 0 Å². The first-order valence-electron chi connectivity index (χ1n) is 5.67. The highest BCUT2D eigenvalue weighted by molar-refractivity contribution is 7.11. The standard InChI is InChI=1S/C12H19NO2S/c1-2-10-5-6-11(16-10)8-9(12(14)15)4-3-7-13/h5-6,9H,2-4,7-8,13H2,1H3,(H,14,15). The van der Waals surface area contributed by atoms with Crippen LogP contribution >= 0.6 is 11.3 Å². The molecule has 1 unspecified atom stereocenters. The zero-order chi connectivity index (χ0) is 12.0. The molecule has 0 saturated heterocycles. The van der Waals surface area contributed by atoms with Crippen LogP contribution in [0.25, 0.3) is 0 Å². The minimum atomic E-state index is -0.708. The molecule has 1 heterocycles. The highest BCUT2D eigenvalue weighted by Crippen LogP contribution is 2.22. The van der Waals surface area contributed by atoms with Crippen LogP contribution in [0.2, 0.25) is 0 Å². The minimum absolute atomic E-state index is 0.285. The maximum Gasteiger partial charge on any atom is 0.306 e. The summed E-state index contributed by atoms with van der Waals surface area (Å²) in [6.07, 6.45) is 3.11. The molecule has 4 heteroatoms. The average Bonchev–Trinajstić information content (AvgIpc) is 2.71. The Labute approximate surface area is 100 Å².